The van der Waals surface area contributed by atoms with Gasteiger partial charge in [-0.15, -0.1) is 0 Å². The van der Waals surface area contributed by atoms with E-state index in [2.05, 4.69) is 15.4 Å². The maximum atomic E-state index is 12.6. The van der Waals surface area contributed by atoms with Gasteiger partial charge >= 0.3 is 6.18 Å². The summed E-state index contributed by atoms with van der Waals surface area (Å²) in [4.78, 5) is 16.4. The van der Waals surface area contributed by atoms with Crippen LogP contribution in [0, 0.1) is 5.92 Å². The molecule has 0 saturated heterocycles. The Balaban J connectivity index is 1.57. The van der Waals surface area contributed by atoms with Crippen molar-refractivity contribution in [2.45, 2.75) is 32.6 Å². The minimum atomic E-state index is -4.38. The van der Waals surface area contributed by atoms with Crippen molar-refractivity contribution < 1.29 is 22.7 Å². The summed E-state index contributed by atoms with van der Waals surface area (Å²) in [7, 11) is 0. The average Bonchev–Trinajstić information content (AvgIpc) is 3.21. The molecular weight excluding hydrogens is 397 g/mol. The Bertz CT molecular complexity index is 953. The fraction of sp³-hybridized carbons (Fsp3) is 0.286. The monoisotopic (exact) mass is 418 g/mol. The number of amides is 1. The van der Waals surface area contributed by atoms with Crippen LogP contribution in [0.1, 0.15) is 31.0 Å². The Hall–Kier alpha value is -3.36. The third kappa shape index (κ3) is 5.37. The molecule has 3 rings (SSSR count). The number of hydrogen-bond donors (Lipinski definition) is 1. The van der Waals surface area contributed by atoms with Crippen molar-refractivity contribution in [2.75, 3.05) is 0 Å². The van der Waals surface area contributed by atoms with Crippen molar-refractivity contribution >= 4 is 5.91 Å². The second-order valence-corrected chi connectivity index (χ2v) is 7.05. The standard InChI is InChI=1S/C21H21F3N4O2/c1-14(2)19(28-13-25-12-27-28)20(29)26-11-15-3-7-17(8-4-15)30-18-9-5-16(6-10-18)21(22,23)24/h3-10,12-14,19H,11H2,1-2H3,(H,26,29). The molecule has 6 nitrogen and oxygen atoms in total. The molecule has 0 fully saturated rings. The van der Waals surface area contributed by atoms with Gasteiger partial charge in [0.05, 0.1) is 5.56 Å². The first kappa shape index (κ1) is 21.4. The van der Waals surface area contributed by atoms with Crippen LogP contribution in [0.15, 0.2) is 61.2 Å². The number of ether oxygens (including phenoxy) is 1. The predicted molar refractivity (Wildman–Crippen MR) is 104 cm³/mol. The molecule has 3 aromatic rings. The van der Waals surface area contributed by atoms with Gasteiger partial charge in [-0.3, -0.25) is 4.79 Å². The van der Waals surface area contributed by atoms with E-state index in [1.807, 2.05) is 13.8 Å². The van der Waals surface area contributed by atoms with Gasteiger partial charge in [-0.2, -0.15) is 18.3 Å². The molecule has 0 aliphatic carbocycles. The lowest BCUT2D eigenvalue weighted by Crippen LogP contribution is -2.35. The van der Waals surface area contributed by atoms with Gasteiger partial charge in [0.25, 0.3) is 0 Å². The summed E-state index contributed by atoms with van der Waals surface area (Å²) in [5.74, 6) is 0.649. The first-order valence-electron chi connectivity index (χ1n) is 9.30. The first-order valence-corrected chi connectivity index (χ1v) is 9.30. The molecule has 1 unspecified atom stereocenters. The van der Waals surface area contributed by atoms with Crippen LogP contribution in [0.4, 0.5) is 13.2 Å². The number of alkyl halides is 3. The molecule has 158 valence electrons. The van der Waals surface area contributed by atoms with E-state index in [0.29, 0.717) is 18.0 Å². The highest BCUT2D eigenvalue weighted by Gasteiger charge is 2.30. The largest absolute Gasteiger partial charge is 0.457 e. The van der Waals surface area contributed by atoms with Crippen LogP contribution in [0.25, 0.3) is 0 Å². The van der Waals surface area contributed by atoms with Gasteiger partial charge in [-0.1, -0.05) is 26.0 Å². The highest BCUT2D eigenvalue weighted by atomic mass is 19.4. The van der Waals surface area contributed by atoms with E-state index in [-0.39, 0.29) is 11.8 Å². The zero-order valence-electron chi connectivity index (χ0n) is 16.4. The minimum Gasteiger partial charge on any atom is -0.457 e. The van der Waals surface area contributed by atoms with Crippen molar-refractivity contribution in [1.82, 2.24) is 20.1 Å². The molecule has 0 aliphatic heterocycles. The van der Waals surface area contributed by atoms with E-state index in [9.17, 15) is 18.0 Å². The third-order valence-electron chi connectivity index (χ3n) is 4.43. The molecule has 0 spiro atoms. The number of nitrogens with zero attached hydrogens (tertiary/aromatic N) is 3. The van der Waals surface area contributed by atoms with Gasteiger partial charge < -0.3 is 10.1 Å². The summed E-state index contributed by atoms with van der Waals surface area (Å²) >= 11 is 0. The van der Waals surface area contributed by atoms with E-state index >= 15 is 0 Å². The number of nitrogens with one attached hydrogen (secondary N) is 1. The second kappa shape index (κ2) is 8.98. The van der Waals surface area contributed by atoms with Crippen LogP contribution in [-0.2, 0) is 17.5 Å². The fourth-order valence-corrected chi connectivity index (χ4v) is 2.91. The van der Waals surface area contributed by atoms with E-state index in [1.54, 1.807) is 24.3 Å². The van der Waals surface area contributed by atoms with Crippen LogP contribution >= 0.6 is 0 Å². The van der Waals surface area contributed by atoms with Gasteiger partial charge in [0, 0.05) is 6.54 Å². The quantitative estimate of drug-likeness (QED) is 0.609. The summed E-state index contributed by atoms with van der Waals surface area (Å²) < 4.78 is 44.9. The summed E-state index contributed by atoms with van der Waals surface area (Å²) in [6.07, 6.45) is -1.48. The molecule has 0 bridgehead atoms. The van der Waals surface area contributed by atoms with Crippen LogP contribution in [0.3, 0.4) is 0 Å². The molecule has 1 heterocycles. The van der Waals surface area contributed by atoms with E-state index < -0.39 is 17.8 Å². The second-order valence-electron chi connectivity index (χ2n) is 7.05. The maximum Gasteiger partial charge on any atom is 0.416 e. The Morgan fingerprint density at radius 2 is 1.67 bits per heavy atom. The van der Waals surface area contributed by atoms with Gasteiger partial charge in [0.2, 0.25) is 5.91 Å². The molecule has 2 aromatic carbocycles. The smallest absolute Gasteiger partial charge is 0.416 e. The molecule has 1 atom stereocenters. The minimum absolute atomic E-state index is 0.0335. The summed E-state index contributed by atoms with van der Waals surface area (Å²) in [5.41, 5.74) is 0.121. The zero-order valence-corrected chi connectivity index (χ0v) is 16.4. The lowest BCUT2D eigenvalue weighted by molar-refractivity contribution is -0.137. The Morgan fingerprint density at radius 1 is 1.07 bits per heavy atom. The molecule has 0 aliphatic rings. The lowest BCUT2D eigenvalue weighted by atomic mass is 10.0. The summed E-state index contributed by atoms with van der Waals surface area (Å²) in [6, 6.07) is 11.0. The maximum absolute atomic E-state index is 12.6. The van der Waals surface area contributed by atoms with Crippen molar-refractivity contribution in [2.24, 2.45) is 5.92 Å². The molecule has 30 heavy (non-hydrogen) atoms. The Morgan fingerprint density at radius 3 is 2.17 bits per heavy atom. The molecule has 1 N–H and O–H groups in total. The van der Waals surface area contributed by atoms with E-state index in [1.165, 1.54) is 29.5 Å². The van der Waals surface area contributed by atoms with E-state index in [0.717, 1.165) is 17.7 Å². The molecule has 9 heteroatoms. The predicted octanol–water partition coefficient (Wildman–Crippen LogP) is 4.60. The van der Waals surface area contributed by atoms with Crippen molar-refractivity contribution in [1.29, 1.82) is 0 Å². The van der Waals surface area contributed by atoms with E-state index in [4.69, 9.17) is 4.74 Å². The third-order valence-corrected chi connectivity index (χ3v) is 4.43. The number of aromatic nitrogens is 3. The normalized spacial score (nSPS) is 12.6. The van der Waals surface area contributed by atoms with Crippen molar-refractivity contribution in [3.63, 3.8) is 0 Å². The van der Waals surface area contributed by atoms with Crippen LogP contribution in [-0.4, -0.2) is 20.7 Å². The summed E-state index contributed by atoms with van der Waals surface area (Å²) in [6.45, 7) is 4.18. The average molecular weight is 418 g/mol. The highest BCUT2D eigenvalue weighted by molar-refractivity contribution is 5.80. The van der Waals surface area contributed by atoms with Gasteiger partial charge in [0.15, 0.2) is 0 Å². The lowest BCUT2D eigenvalue weighted by Gasteiger charge is -2.20. The van der Waals surface area contributed by atoms with Gasteiger partial charge in [-0.05, 0) is 47.9 Å². The number of benzene rings is 2. The topological polar surface area (TPSA) is 69.0 Å². The van der Waals surface area contributed by atoms with Crippen LogP contribution in [0.5, 0.6) is 11.5 Å². The summed E-state index contributed by atoms with van der Waals surface area (Å²) in [5, 5.41) is 6.93. The first-order chi connectivity index (χ1) is 14.2. The van der Waals surface area contributed by atoms with Gasteiger partial charge in [0.1, 0.15) is 30.2 Å². The Labute approximate surface area is 171 Å². The zero-order chi connectivity index (χ0) is 21.7. The van der Waals surface area contributed by atoms with Crippen molar-refractivity contribution in [3.05, 3.63) is 72.3 Å². The number of rotatable bonds is 7. The van der Waals surface area contributed by atoms with Crippen molar-refractivity contribution in [3.8, 4) is 11.5 Å². The molecular formula is C21H21F3N4O2. The fourth-order valence-electron chi connectivity index (χ4n) is 2.91. The SMILES string of the molecule is CC(C)C(C(=O)NCc1ccc(Oc2ccc(C(F)(F)F)cc2)cc1)n1cncn1. The molecule has 1 amide bonds. The Kier molecular flexibility index (Phi) is 6.39. The number of hydrogen-bond acceptors (Lipinski definition) is 4. The highest BCUT2D eigenvalue weighted by Crippen LogP contribution is 2.31. The molecule has 1 aromatic heterocycles. The van der Waals surface area contributed by atoms with Crippen LogP contribution < -0.4 is 10.1 Å². The number of halogens is 3. The molecule has 0 radical (unpaired) electrons. The number of carbonyl (C=O) groups is 1. The molecule has 0 saturated carbocycles. The van der Waals surface area contributed by atoms with Gasteiger partial charge in [-0.25, -0.2) is 9.67 Å². The van der Waals surface area contributed by atoms with Crippen LogP contribution in [0.2, 0.25) is 0 Å². The number of carbonyl (C=O) groups excluding carboxylic acids is 1.